The highest BCUT2D eigenvalue weighted by Crippen LogP contribution is 2.16. The van der Waals surface area contributed by atoms with Crippen LogP contribution >= 0.6 is 0 Å². The van der Waals surface area contributed by atoms with Crippen LogP contribution in [-0.2, 0) is 0 Å². The topological polar surface area (TPSA) is 25.2 Å². The molecule has 74 valence electrons. The Morgan fingerprint density at radius 3 is 2.62 bits per heavy atom. The zero-order valence-electron chi connectivity index (χ0n) is 8.92. The van der Waals surface area contributed by atoms with Crippen LogP contribution in [0.4, 0.5) is 0 Å². The predicted octanol–water partition coefficient (Wildman–Crippen LogP) is 2.98. The summed E-state index contributed by atoms with van der Waals surface area (Å²) in [7, 11) is 0. The molecule has 13 heavy (non-hydrogen) atoms. The lowest BCUT2D eigenvalue weighted by molar-refractivity contribution is 0.338. The summed E-state index contributed by atoms with van der Waals surface area (Å²) in [4.78, 5) is 0. The van der Waals surface area contributed by atoms with E-state index in [2.05, 4.69) is 33.0 Å². The highest BCUT2D eigenvalue weighted by molar-refractivity contribution is 5.02. The quantitative estimate of drug-likeness (QED) is 0.775. The largest absolute Gasteiger partial charge is 0.468 e. The average Bonchev–Trinajstić information content (AvgIpc) is 2.50. The molecule has 2 heteroatoms. The van der Waals surface area contributed by atoms with E-state index in [0.29, 0.717) is 11.5 Å². The summed E-state index contributed by atoms with van der Waals surface area (Å²) in [6.45, 7) is 9.76. The van der Waals surface area contributed by atoms with Crippen molar-refractivity contribution in [2.45, 2.75) is 33.7 Å². The summed E-state index contributed by atoms with van der Waals surface area (Å²) in [5.74, 6) is 1.00. The highest BCUT2D eigenvalue weighted by atomic mass is 16.3. The first-order chi connectivity index (χ1) is 5.99. The van der Waals surface area contributed by atoms with Crippen molar-refractivity contribution < 1.29 is 4.42 Å². The van der Waals surface area contributed by atoms with E-state index in [1.165, 1.54) is 0 Å². The molecule has 0 aliphatic heterocycles. The Morgan fingerprint density at radius 1 is 1.46 bits per heavy atom. The van der Waals surface area contributed by atoms with Gasteiger partial charge in [-0.3, -0.25) is 0 Å². The Bertz CT molecular complexity index is 233. The standard InChI is InChI=1S/C11H19NO/c1-9(10-6-5-7-13-10)12-8-11(2,3)4/h5-7,9,12H,8H2,1-4H3/t9-/m0/s1. The van der Waals surface area contributed by atoms with Crippen LogP contribution in [0.15, 0.2) is 22.8 Å². The van der Waals surface area contributed by atoms with E-state index in [0.717, 1.165) is 12.3 Å². The molecule has 1 aromatic heterocycles. The Hall–Kier alpha value is -0.760. The van der Waals surface area contributed by atoms with Gasteiger partial charge in [-0.25, -0.2) is 0 Å². The van der Waals surface area contributed by atoms with Gasteiger partial charge in [0.25, 0.3) is 0 Å². The van der Waals surface area contributed by atoms with Gasteiger partial charge in [-0.1, -0.05) is 20.8 Å². The highest BCUT2D eigenvalue weighted by Gasteiger charge is 2.13. The van der Waals surface area contributed by atoms with Gasteiger partial charge in [0.1, 0.15) is 5.76 Å². The molecule has 2 nitrogen and oxygen atoms in total. The van der Waals surface area contributed by atoms with E-state index in [-0.39, 0.29) is 0 Å². The third-order valence-electron chi connectivity index (χ3n) is 1.91. The fourth-order valence-corrected chi connectivity index (χ4v) is 1.10. The van der Waals surface area contributed by atoms with Crippen molar-refractivity contribution in [3.05, 3.63) is 24.2 Å². The number of hydrogen-bond acceptors (Lipinski definition) is 2. The van der Waals surface area contributed by atoms with Gasteiger partial charge in [0.2, 0.25) is 0 Å². The molecule has 0 aliphatic rings. The van der Waals surface area contributed by atoms with Crippen LogP contribution in [0, 0.1) is 5.41 Å². The minimum atomic E-state index is 0.300. The summed E-state index contributed by atoms with van der Waals surface area (Å²) >= 11 is 0. The van der Waals surface area contributed by atoms with E-state index in [1.54, 1.807) is 6.26 Å². The maximum atomic E-state index is 5.30. The monoisotopic (exact) mass is 181 g/mol. The van der Waals surface area contributed by atoms with Gasteiger partial charge in [0.05, 0.1) is 12.3 Å². The lowest BCUT2D eigenvalue weighted by Crippen LogP contribution is -2.28. The molecule has 0 amide bonds. The fourth-order valence-electron chi connectivity index (χ4n) is 1.10. The molecule has 1 aromatic rings. The number of rotatable bonds is 3. The van der Waals surface area contributed by atoms with Gasteiger partial charge in [0.15, 0.2) is 0 Å². The van der Waals surface area contributed by atoms with Crippen molar-refractivity contribution in [2.75, 3.05) is 6.54 Å². The van der Waals surface area contributed by atoms with Gasteiger partial charge in [0, 0.05) is 6.54 Å². The third-order valence-corrected chi connectivity index (χ3v) is 1.91. The lowest BCUT2D eigenvalue weighted by Gasteiger charge is -2.21. The van der Waals surface area contributed by atoms with Gasteiger partial charge in [-0.15, -0.1) is 0 Å². The molecule has 0 saturated carbocycles. The van der Waals surface area contributed by atoms with Crippen LogP contribution in [0.1, 0.15) is 39.5 Å². The van der Waals surface area contributed by atoms with E-state index >= 15 is 0 Å². The molecular weight excluding hydrogens is 162 g/mol. The molecule has 0 unspecified atom stereocenters. The van der Waals surface area contributed by atoms with Crippen LogP contribution in [0.25, 0.3) is 0 Å². The molecule has 0 aliphatic carbocycles. The minimum absolute atomic E-state index is 0.300. The zero-order valence-corrected chi connectivity index (χ0v) is 8.92. The van der Waals surface area contributed by atoms with Crippen molar-refractivity contribution >= 4 is 0 Å². The van der Waals surface area contributed by atoms with E-state index in [4.69, 9.17) is 4.42 Å². The van der Waals surface area contributed by atoms with Crippen molar-refractivity contribution in [3.8, 4) is 0 Å². The molecule has 0 radical (unpaired) electrons. The minimum Gasteiger partial charge on any atom is -0.468 e. The van der Waals surface area contributed by atoms with Crippen molar-refractivity contribution in [1.29, 1.82) is 0 Å². The smallest absolute Gasteiger partial charge is 0.120 e. The van der Waals surface area contributed by atoms with E-state index in [9.17, 15) is 0 Å². The van der Waals surface area contributed by atoms with Crippen LogP contribution in [0.2, 0.25) is 0 Å². The Labute approximate surface area is 80.3 Å². The molecule has 0 spiro atoms. The summed E-state index contributed by atoms with van der Waals surface area (Å²) < 4.78 is 5.30. The first kappa shape index (κ1) is 10.3. The maximum absolute atomic E-state index is 5.30. The Kier molecular flexibility index (Phi) is 3.15. The first-order valence-corrected chi connectivity index (χ1v) is 4.76. The SMILES string of the molecule is C[C@H](NCC(C)(C)C)c1ccco1. The maximum Gasteiger partial charge on any atom is 0.120 e. The Balaban J connectivity index is 2.39. The second-order valence-corrected chi connectivity index (χ2v) is 4.68. The molecule has 1 N–H and O–H groups in total. The van der Waals surface area contributed by atoms with Gasteiger partial charge >= 0.3 is 0 Å². The summed E-state index contributed by atoms with van der Waals surface area (Å²) in [5.41, 5.74) is 0.320. The van der Waals surface area contributed by atoms with Crippen LogP contribution in [-0.4, -0.2) is 6.54 Å². The molecule has 0 saturated heterocycles. The molecule has 1 heterocycles. The van der Waals surface area contributed by atoms with Gasteiger partial charge in [-0.2, -0.15) is 0 Å². The molecule has 1 atom stereocenters. The fraction of sp³-hybridized carbons (Fsp3) is 0.636. The van der Waals surface area contributed by atoms with Crippen molar-refractivity contribution in [3.63, 3.8) is 0 Å². The second-order valence-electron chi connectivity index (χ2n) is 4.68. The van der Waals surface area contributed by atoms with Crippen LogP contribution < -0.4 is 5.32 Å². The van der Waals surface area contributed by atoms with Gasteiger partial charge in [-0.05, 0) is 24.5 Å². The normalized spacial score (nSPS) is 14.5. The summed E-state index contributed by atoms with van der Waals surface area (Å²) in [5, 5.41) is 3.43. The van der Waals surface area contributed by atoms with Crippen molar-refractivity contribution in [1.82, 2.24) is 5.32 Å². The molecular formula is C11H19NO. The van der Waals surface area contributed by atoms with E-state index < -0.39 is 0 Å². The Morgan fingerprint density at radius 2 is 2.15 bits per heavy atom. The molecule has 0 bridgehead atoms. The van der Waals surface area contributed by atoms with Gasteiger partial charge < -0.3 is 9.73 Å². The zero-order chi connectivity index (χ0) is 9.90. The number of nitrogens with one attached hydrogen (secondary N) is 1. The predicted molar refractivity (Wildman–Crippen MR) is 54.6 cm³/mol. The third kappa shape index (κ3) is 3.64. The summed E-state index contributed by atoms with van der Waals surface area (Å²) in [6.07, 6.45) is 1.71. The average molecular weight is 181 g/mol. The van der Waals surface area contributed by atoms with Crippen molar-refractivity contribution in [2.24, 2.45) is 5.41 Å². The first-order valence-electron chi connectivity index (χ1n) is 4.76. The number of hydrogen-bond donors (Lipinski definition) is 1. The second kappa shape index (κ2) is 3.97. The van der Waals surface area contributed by atoms with E-state index in [1.807, 2.05) is 12.1 Å². The molecule has 1 rings (SSSR count). The molecule has 0 aromatic carbocycles. The van der Waals surface area contributed by atoms with Crippen LogP contribution in [0.5, 0.6) is 0 Å². The number of furan rings is 1. The molecule has 0 fully saturated rings. The lowest BCUT2D eigenvalue weighted by atomic mass is 9.96. The van der Waals surface area contributed by atoms with Crippen LogP contribution in [0.3, 0.4) is 0 Å². The summed E-state index contributed by atoms with van der Waals surface area (Å²) in [6, 6.07) is 4.22.